The standard InChI is InChI=1S/C25H32N6O/c1-30-24(13-23(29-30)18-6-2-3-7-18)22-16-31-10-9-19(22)12-21(31)15-27-25(32)28-20-8-4-5-17(11-20)14-26/h4-5,8,11,13,18-19,21-22H,2-3,6-7,9-10,12,15-16H2,1H3,(H2,27,28,32)/t19-,21+,22-/m0/s1. The third-order valence-electron chi connectivity index (χ3n) is 7.71. The number of nitrogens with zero attached hydrogens (tertiary/aromatic N) is 4. The van der Waals surface area contributed by atoms with Crippen LogP contribution in [-0.4, -0.2) is 46.4 Å². The lowest BCUT2D eigenvalue weighted by Gasteiger charge is -2.49. The second-order valence-electron chi connectivity index (χ2n) is 9.67. The zero-order valence-corrected chi connectivity index (χ0v) is 18.8. The summed E-state index contributed by atoms with van der Waals surface area (Å²) in [5.74, 6) is 1.84. The zero-order valence-electron chi connectivity index (χ0n) is 18.8. The van der Waals surface area contributed by atoms with Gasteiger partial charge >= 0.3 is 6.03 Å². The van der Waals surface area contributed by atoms with Gasteiger partial charge in [0.15, 0.2) is 0 Å². The van der Waals surface area contributed by atoms with E-state index in [0.717, 1.165) is 19.5 Å². The van der Waals surface area contributed by atoms with Crippen LogP contribution in [0, 0.1) is 17.2 Å². The monoisotopic (exact) mass is 432 g/mol. The third kappa shape index (κ3) is 4.24. The molecule has 2 amide bonds. The summed E-state index contributed by atoms with van der Waals surface area (Å²) in [5.41, 5.74) is 3.87. The SMILES string of the molecule is Cn1nc(C2CCCC2)cc1[C@H]1CN2CC[C@H]1C[C@@H]2CNC(=O)Nc1cccc(C#N)c1. The minimum Gasteiger partial charge on any atom is -0.336 e. The molecule has 0 radical (unpaired) electrons. The molecule has 1 aromatic carbocycles. The van der Waals surface area contributed by atoms with Gasteiger partial charge in [0.1, 0.15) is 0 Å². The molecule has 168 valence electrons. The molecular formula is C25H32N6O. The van der Waals surface area contributed by atoms with Gasteiger partial charge in [-0.05, 0) is 62.4 Å². The Hall–Kier alpha value is -2.85. The number of carbonyl (C=O) groups excluding carboxylic acids is 1. The molecule has 7 heteroatoms. The van der Waals surface area contributed by atoms with Crippen LogP contribution in [0.15, 0.2) is 30.3 Å². The highest BCUT2D eigenvalue weighted by atomic mass is 16.2. The first kappa shape index (κ1) is 21.0. The number of nitrogens with one attached hydrogen (secondary N) is 2. The van der Waals surface area contributed by atoms with E-state index in [-0.39, 0.29) is 6.03 Å². The van der Waals surface area contributed by atoms with Crippen molar-refractivity contribution < 1.29 is 4.79 Å². The Morgan fingerprint density at radius 3 is 2.84 bits per heavy atom. The number of urea groups is 1. The highest BCUT2D eigenvalue weighted by Gasteiger charge is 2.42. The van der Waals surface area contributed by atoms with E-state index in [4.69, 9.17) is 10.4 Å². The van der Waals surface area contributed by atoms with Crippen LogP contribution in [0.3, 0.4) is 0 Å². The molecule has 2 aromatic rings. The number of fused-ring (bicyclic) bond motifs is 3. The van der Waals surface area contributed by atoms with Crippen LogP contribution in [0.25, 0.3) is 0 Å². The third-order valence-corrected chi connectivity index (χ3v) is 7.71. The number of aryl methyl sites for hydroxylation is 1. The molecule has 4 aliphatic rings. The van der Waals surface area contributed by atoms with Gasteiger partial charge in [0.05, 0.1) is 17.3 Å². The maximum absolute atomic E-state index is 12.4. The van der Waals surface area contributed by atoms with Crippen molar-refractivity contribution in [2.24, 2.45) is 13.0 Å². The smallest absolute Gasteiger partial charge is 0.319 e. The summed E-state index contributed by atoms with van der Waals surface area (Å²) in [6.45, 7) is 2.80. The lowest BCUT2D eigenvalue weighted by Crippen LogP contribution is -2.56. The topological polar surface area (TPSA) is 86.0 Å². The number of hydrogen-bond acceptors (Lipinski definition) is 4. The maximum atomic E-state index is 12.4. The van der Waals surface area contributed by atoms with Gasteiger partial charge in [-0.25, -0.2) is 4.79 Å². The molecule has 2 N–H and O–H groups in total. The quantitative estimate of drug-likeness (QED) is 0.749. The fourth-order valence-electron chi connectivity index (χ4n) is 6.01. The molecule has 32 heavy (non-hydrogen) atoms. The Morgan fingerprint density at radius 1 is 1.25 bits per heavy atom. The van der Waals surface area contributed by atoms with E-state index >= 15 is 0 Å². The van der Waals surface area contributed by atoms with Gasteiger partial charge in [-0.15, -0.1) is 0 Å². The van der Waals surface area contributed by atoms with Gasteiger partial charge in [-0.2, -0.15) is 10.4 Å². The Bertz CT molecular complexity index is 1020. The first-order valence-electron chi connectivity index (χ1n) is 11.9. The van der Waals surface area contributed by atoms with E-state index in [9.17, 15) is 4.79 Å². The minimum atomic E-state index is -0.216. The maximum Gasteiger partial charge on any atom is 0.319 e. The lowest BCUT2D eigenvalue weighted by atomic mass is 9.74. The van der Waals surface area contributed by atoms with Crippen LogP contribution in [0.1, 0.15) is 67.3 Å². The van der Waals surface area contributed by atoms with E-state index in [1.807, 2.05) is 0 Å². The summed E-state index contributed by atoms with van der Waals surface area (Å²) in [5, 5.41) is 19.8. The molecule has 4 fully saturated rings. The van der Waals surface area contributed by atoms with Crippen molar-refractivity contribution in [3.63, 3.8) is 0 Å². The Kier molecular flexibility index (Phi) is 5.88. The summed E-state index contributed by atoms with van der Waals surface area (Å²) in [4.78, 5) is 14.9. The number of amides is 2. The summed E-state index contributed by atoms with van der Waals surface area (Å²) >= 11 is 0. The van der Waals surface area contributed by atoms with Gasteiger partial charge < -0.3 is 10.6 Å². The molecule has 0 spiro atoms. The van der Waals surface area contributed by atoms with E-state index < -0.39 is 0 Å². The number of nitriles is 1. The molecule has 3 saturated heterocycles. The summed E-state index contributed by atoms with van der Waals surface area (Å²) in [7, 11) is 2.11. The van der Waals surface area contributed by atoms with Crippen molar-refractivity contribution in [2.45, 2.75) is 56.4 Å². The molecule has 1 saturated carbocycles. The fraction of sp³-hybridized carbons (Fsp3) is 0.560. The summed E-state index contributed by atoms with van der Waals surface area (Å²) < 4.78 is 2.14. The molecule has 2 bridgehead atoms. The lowest BCUT2D eigenvalue weighted by molar-refractivity contribution is 0.0296. The number of benzene rings is 1. The Labute approximate surface area is 189 Å². The highest BCUT2D eigenvalue weighted by molar-refractivity contribution is 5.89. The van der Waals surface area contributed by atoms with Crippen LogP contribution in [-0.2, 0) is 7.05 Å². The second kappa shape index (κ2) is 8.95. The van der Waals surface area contributed by atoms with Crippen LogP contribution in [0.4, 0.5) is 10.5 Å². The summed E-state index contributed by atoms with van der Waals surface area (Å²) in [6.07, 6.45) is 7.57. The number of piperidine rings is 3. The van der Waals surface area contributed by atoms with E-state index in [1.54, 1.807) is 24.3 Å². The molecule has 3 aliphatic heterocycles. The van der Waals surface area contributed by atoms with E-state index in [2.05, 4.69) is 39.4 Å². The first-order chi connectivity index (χ1) is 15.6. The fourth-order valence-corrected chi connectivity index (χ4v) is 6.01. The van der Waals surface area contributed by atoms with Crippen molar-refractivity contribution in [1.82, 2.24) is 20.0 Å². The molecule has 1 aliphatic carbocycles. The van der Waals surface area contributed by atoms with Crippen molar-refractivity contribution in [2.75, 3.05) is 25.0 Å². The van der Waals surface area contributed by atoms with Crippen LogP contribution in [0.2, 0.25) is 0 Å². The van der Waals surface area contributed by atoms with Gasteiger partial charge in [0.25, 0.3) is 0 Å². The number of carbonyl (C=O) groups is 1. The number of rotatable bonds is 5. The van der Waals surface area contributed by atoms with Crippen molar-refractivity contribution in [1.29, 1.82) is 5.26 Å². The van der Waals surface area contributed by atoms with Crippen molar-refractivity contribution in [3.8, 4) is 6.07 Å². The predicted octanol–water partition coefficient (Wildman–Crippen LogP) is 3.95. The summed E-state index contributed by atoms with van der Waals surface area (Å²) in [6, 6.07) is 11.6. The average Bonchev–Trinajstić information content (AvgIpc) is 3.48. The average molecular weight is 433 g/mol. The van der Waals surface area contributed by atoms with Gasteiger partial charge in [-0.1, -0.05) is 18.9 Å². The zero-order chi connectivity index (χ0) is 22.1. The number of hydrogen-bond donors (Lipinski definition) is 2. The number of anilines is 1. The van der Waals surface area contributed by atoms with Crippen molar-refractivity contribution in [3.05, 3.63) is 47.3 Å². The first-order valence-corrected chi connectivity index (χ1v) is 11.9. The van der Waals surface area contributed by atoms with Crippen molar-refractivity contribution >= 4 is 11.7 Å². The molecule has 4 atom stereocenters. The molecule has 6 rings (SSSR count). The largest absolute Gasteiger partial charge is 0.336 e. The van der Waals surface area contributed by atoms with Gasteiger partial charge in [0, 0.05) is 49.4 Å². The Morgan fingerprint density at radius 2 is 2.09 bits per heavy atom. The molecule has 7 nitrogen and oxygen atoms in total. The molecule has 4 heterocycles. The van der Waals surface area contributed by atoms with Crippen LogP contribution < -0.4 is 10.6 Å². The highest BCUT2D eigenvalue weighted by Crippen LogP contribution is 2.43. The normalized spacial score (nSPS) is 27.2. The van der Waals surface area contributed by atoms with E-state index in [0.29, 0.717) is 41.6 Å². The second-order valence-corrected chi connectivity index (χ2v) is 9.67. The predicted molar refractivity (Wildman–Crippen MR) is 123 cm³/mol. The molecule has 1 unspecified atom stereocenters. The van der Waals surface area contributed by atoms with Crippen LogP contribution in [0.5, 0.6) is 0 Å². The van der Waals surface area contributed by atoms with Gasteiger partial charge in [0.2, 0.25) is 0 Å². The number of aromatic nitrogens is 2. The van der Waals surface area contributed by atoms with Crippen LogP contribution >= 0.6 is 0 Å². The molecular weight excluding hydrogens is 400 g/mol. The Balaban J connectivity index is 1.18. The minimum absolute atomic E-state index is 0.216. The molecule has 1 aromatic heterocycles. The van der Waals surface area contributed by atoms with Gasteiger partial charge in [-0.3, -0.25) is 9.58 Å². The van der Waals surface area contributed by atoms with E-state index in [1.165, 1.54) is 43.5 Å².